The number of rotatable bonds is 6. The molecule has 96 valence electrons. The van der Waals surface area contributed by atoms with E-state index in [-0.39, 0.29) is 0 Å². The molecular formula is C8H10O9. The van der Waals surface area contributed by atoms with E-state index in [2.05, 4.69) is 4.74 Å². The average molecular weight is 250 g/mol. The van der Waals surface area contributed by atoms with Crippen molar-refractivity contribution in [2.24, 2.45) is 0 Å². The van der Waals surface area contributed by atoms with Crippen LogP contribution in [0.4, 0.5) is 0 Å². The predicted molar refractivity (Wildman–Crippen MR) is 47.6 cm³/mol. The summed E-state index contributed by atoms with van der Waals surface area (Å²) in [5.41, 5.74) is 0. The predicted octanol–water partition coefficient (Wildman–Crippen LogP) is -2.27. The van der Waals surface area contributed by atoms with Crippen molar-refractivity contribution in [1.82, 2.24) is 0 Å². The van der Waals surface area contributed by atoms with Crippen molar-refractivity contribution >= 4 is 23.9 Å². The van der Waals surface area contributed by atoms with E-state index in [1.807, 2.05) is 0 Å². The third kappa shape index (κ3) is 5.58. The van der Waals surface area contributed by atoms with Crippen molar-refractivity contribution in [3.63, 3.8) is 0 Å². The van der Waals surface area contributed by atoms with Gasteiger partial charge in [-0.05, 0) is 0 Å². The first-order valence-electron chi connectivity index (χ1n) is 4.31. The largest absolute Gasteiger partial charge is 0.481 e. The van der Waals surface area contributed by atoms with E-state index < -0.39 is 48.9 Å². The summed E-state index contributed by atoms with van der Waals surface area (Å²) < 4.78 is 3.92. The summed E-state index contributed by atoms with van der Waals surface area (Å²) in [5, 5.41) is 34.1. The van der Waals surface area contributed by atoms with Crippen molar-refractivity contribution in [2.75, 3.05) is 0 Å². The number of carboxylic acid groups (broad SMARTS) is 2. The minimum Gasteiger partial charge on any atom is -0.481 e. The van der Waals surface area contributed by atoms with Gasteiger partial charge in [0.1, 0.15) is 0 Å². The molecule has 0 saturated heterocycles. The Morgan fingerprint density at radius 3 is 1.88 bits per heavy atom. The lowest BCUT2D eigenvalue weighted by Gasteiger charge is -2.11. The molecule has 0 bridgehead atoms. The topological polar surface area (TPSA) is 158 Å². The summed E-state index contributed by atoms with van der Waals surface area (Å²) >= 11 is 0. The van der Waals surface area contributed by atoms with E-state index in [1.54, 1.807) is 0 Å². The quantitative estimate of drug-likeness (QED) is 0.301. The van der Waals surface area contributed by atoms with Gasteiger partial charge in [-0.2, -0.15) is 0 Å². The van der Waals surface area contributed by atoms with Crippen molar-refractivity contribution in [1.29, 1.82) is 0 Å². The average Bonchev–Trinajstić information content (AvgIpc) is 2.23. The Morgan fingerprint density at radius 2 is 1.47 bits per heavy atom. The number of aliphatic hydroxyl groups excluding tert-OH is 2. The van der Waals surface area contributed by atoms with Crippen LogP contribution in [0.15, 0.2) is 0 Å². The van der Waals surface area contributed by atoms with Gasteiger partial charge in [-0.15, -0.1) is 0 Å². The molecule has 0 saturated carbocycles. The van der Waals surface area contributed by atoms with Gasteiger partial charge in [0.2, 0.25) is 0 Å². The first-order chi connectivity index (χ1) is 7.75. The summed E-state index contributed by atoms with van der Waals surface area (Å²) in [4.78, 5) is 41.9. The van der Waals surface area contributed by atoms with Gasteiger partial charge in [0.15, 0.2) is 12.2 Å². The van der Waals surface area contributed by atoms with Gasteiger partial charge in [0.25, 0.3) is 0 Å². The van der Waals surface area contributed by atoms with Gasteiger partial charge in [0.05, 0.1) is 12.8 Å². The maximum absolute atomic E-state index is 10.9. The van der Waals surface area contributed by atoms with Crippen LogP contribution < -0.4 is 0 Å². The van der Waals surface area contributed by atoms with Crippen molar-refractivity contribution in [2.45, 2.75) is 25.0 Å². The monoisotopic (exact) mass is 250 g/mol. The van der Waals surface area contributed by atoms with Gasteiger partial charge in [0, 0.05) is 0 Å². The zero-order chi connectivity index (χ0) is 13.6. The molecule has 0 spiro atoms. The van der Waals surface area contributed by atoms with Crippen LogP contribution in [0.2, 0.25) is 0 Å². The van der Waals surface area contributed by atoms with Crippen LogP contribution in [-0.2, 0) is 23.9 Å². The van der Waals surface area contributed by atoms with E-state index in [0.29, 0.717) is 0 Å². The lowest BCUT2D eigenvalue weighted by molar-refractivity contribution is -0.176. The number of hydrogen-bond donors (Lipinski definition) is 4. The van der Waals surface area contributed by atoms with E-state index in [0.717, 1.165) is 0 Å². The third-order valence-corrected chi connectivity index (χ3v) is 1.55. The highest BCUT2D eigenvalue weighted by Gasteiger charge is 2.32. The first kappa shape index (κ1) is 15.0. The maximum atomic E-state index is 10.9. The number of aliphatic carboxylic acids is 2. The molecule has 4 N–H and O–H groups in total. The molecule has 0 rings (SSSR count). The molecule has 2 atom stereocenters. The van der Waals surface area contributed by atoms with Crippen molar-refractivity contribution < 1.29 is 44.3 Å². The molecule has 0 aliphatic carbocycles. The highest BCUT2D eigenvalue weighted by molar-refractivity contribution is 5.92. The molecule has 0 amide bonds. The fourth-order valence-electron chi connectivity index (χ4n) is 0.697. The SMILES string of the molecule is O=C(O)CCC(=O)OC(=O)C(O)C(O)C(=O)O. The number of hydrogen-bond acceptors (Lipinski definition) is 7. The standard InChI is InChI=1S/C8H10O9/c9-3(10)1-2-4(11)17-8(16)6(13)5(12)7(14)15/h5-6,12-13H,1-2H2,(H,9,10)(H,14,15). The zero-order valence-electron chi connectivity index (χ0n) is 8.40. The molecular weight excluding hydrogens is 240 g/mol. The van der Waals surface area contributed by atoms with E-state index in [9.17, 15) is 19.2 Å². The highest BCUT2D eigenvalue weighted by atomic mass is 16.6. The number of carbonyl (C=O) groups excluding carboxylic acids is 2. The van der Waals surface area contributed by atoms with E-state index in [4.69, 9.17) is 20.4 Å². The second-order valence-corrected chi connectivity index (χ2v) is 2.91. The molecule has 0 fully saturated rings. The smallest absolute Gasteiger partial charge is 0.346 e. The summed E-state index contributed by atoms with van der Waals surface area (Å²) in [6.07, 6.45) is -6.03. The van der Waals surface area contributed by atoms with Crippen LogP contribution in [0.5, 0.6) is 0 Å². The van der Waals surface area contributed by atoms with Gasteiger partial charge in [-0.1, -0.05) is 0 Å². The Hall–Kier alpha value is -2.00. The molecule has 0 aliphatic rings. The molecule has 0 radical (unpaired) electrons. The number of esters is 2. The van der Waals surface area contributed by atoms with Crippen molar-refractivity contribution in [3.05, 3.63) is 0 Å². The number of ether oxygens (including phenoxy) is 1. The molecule has 0 aromatic carbocycles. The van der Waals surface area contributed by atoms with Crippen LogP contribution in [0.1, 0.15) is 12.8 Å². The molecule has 9 heteroatoms. The molecule has 0 heterocycles. The van der Waals surface area contributed by atoms with Gasteiger partial charge < -0.3 is 25.2 Å². The summed E-state index contributed by atoms with van der Waals surface area (Å²) in [5.74, 6) is -6.06. The lowest BCUT2D eigenvalue weighted by atomic mass is 10.2. The normalized spacial score (nSPS) is 13.5. The number of aliphatic hydroxyl groups is 2. The number of carboxylic acids is 2. The fourth-order valence-corrected chi connectivity index (χ4v) is 0.697. The second-order valence-electron chi connectivity index (χ2n) is 2.91. The Labute approximate surface area is 94.2 Å². The van der Waals surface area contributed by atoms with Gasteiger partial charge in [-0.3, -0.25) is 9.59 Å². The minimum atomic E-state index is -2.42. The Kier molecular flexibility index (Phi) is 5.78. The van der Waals surface area contributed by atoms with Gasteiger partial charge >= 0.3 is 23.9 Å². The third-order valence-electron chi connectivity index (χ3n) is 1.55. The fraction of sp³-hybridized carbons (Fsp3) is 0.500. The van der Waals surface area contributed by atoms with Crippen LogP contribution in [0, 0.1) is 0 Å². The Morgan fingerprint density at radius 1 is 0.941 bits per heavy atom. The first-order valence-corrected chi connectivity index (χ1v) is 4.31. The maximum Gasteiger partial charge on any atom is 0.346 e. The van der Waals surface area contributed by atoms with Crippen LogP contribution in [0.3, 0.4) is 0 Å². The van der Waals surface area contributed by atoms with Gasteiger partial charge in [-0.25, -0.2) is 9.59 Å². The summed E-state index contributed by atoms with van der Waals surface area (Å²) in [6, 6.07) is 0. The Balaban J connectivity index is 4.21. The Bertz CT molecular complexity index is 334. The minimum absolute atomic E-state index is 0.580. The van der Waals surface area contributed by atoms with E-state index >= 15 is 0 Å². The van der Waals surface area contributed by atoms with E-state index in [1.165, 1.54) is 0 Å². The summed E-state index contributed by atoms with van der Waals surface area (Å²) in [6.45, 7) is 0. The molecule has 2 unspecified atom stereocenters. The zero-order valence-corrected chi connectivity index (χ0v) is 8.40. The number of carbonyl (C=O) groups is 4. The lowest BCUT2D eigenvalue weighted by Crippen LogP contribution is -2.41. The van der Waals surface area contributed by atoms with Crippen LogP contribution >= 0.6 is 0 Å². The van der Waals surface area contributed by atoms with Crippen LogP contribution in [0.25, 0.3) is 0 Å². The molecule has 9 nitrogen and oxygen atoms in total. The molecule has 17 heavy (non-hydrogen) atoms. The molecule has 0 aromatic rings. The molecule has 0 aromatic heterocycles. The summed E-state index contributed by atoms with van der Waals surface area (Å²) in [7, 11) is 0. The van der Waals surface area contributed by atoms with Crippen LogP contribution in [-0.4, -0.2) is 56.5 Å². The van der Waals surface area contributed by atoms with Crippen molar-refractivity contribution in [3.8, 4) is 0 Å². The second kappa shape index (κ2) is 6.55. The highest BCUT2D eigenvalue weighted by Crippen LogP contribution is 2.00. The molecule has 0 aliphatic heterocycles.